The van der Waals surface area contributed by atoms with Crippen molar-refractivity contribution in [3.63, 3.8) is 0 Å². The molecule has 118 valence electrons. The summed E-state index contributed by atoms with van der Waals surface area (Å²) in [6.07, 6.45) is 8.35. The molecule has 4 nitrogen and oxygen atoms in total. The predicted octanol–water partition coefficient (Wildman–Crippen LogP) is 4.03. The van der Waals surface area contributed by atoms with Crippen molar-refractivity contribution in [2.24, 2.45) is 0 Å². The highest BCUT2D eigenvalue weighted by molar-refractivity contribution is 6.08. The molecule has 0 aliphatic carbocycles. The van der Waals surface area contributed by atoms with E-state index < -0.39 is 0 Å². The number of allylic oxidation sites excluding steroid dienone is 2. The van der Waals surface area contributed by atoms with Crippen LogP contribution in [0, 0.1) is 0 Å². The Morgan fingerprint density at radius 2 is 1.96 bits per heavy atom. The summed E-state index contributed by atoms with van der Waals surface area (Å²) in [4.78, 5) is 16.1. The van der Waals surface area contributed by atoms with E-state index in [-0.39, 0.29) is 17.1 Å². The minimum Gasteiger partial charge on any atom is -0.507 e. The molecule has 1 aromatic carbocycles. The third kappa shape index (κ3) is 5.11. The molecule has 0 fully saturated rings. The lowest BCUT2D eigenvalue weighted by atomic mass is 10.1. The van der Waals surface area contributed by atoms with Gasteiger partial charge < -0.3 is 9.84 Å². The van der Waals surface area contributed by atoms with Crippen LogP contribution in [0.3, 0.4) is 0 Å². The Morgan fingerprint density at radius 1 is 1.22 bits per heavy atom. The van der Waals surface area contributed by atoms with Crippen LogP contribution in [-0.4, -0.2) is 22.5 Å². The lowest BCUT2D eigenvalue weighted by Crippen LogP contribution is -1.98. The van der Waals surface area contributed by atoms with Crippen molar-refractivity contribution in [3.8, 4) is 11.5 Å². The predicted molar refractivity (Wildman–Crippen MR) is 90.6 cm³/mol. The summed E-state index contributed by atoms with van der Waals surface area (Å²) in [5.41, 5.74) is 2.27. The van der Waals surface area contributed by atoms with Gasteiger partial charge in [0.15, 0.2) is 5.78 Å². The summed E-state index contributed by atoms with van der Waals surface area (Å²) in [5, 5.41) is 10.0. The molecule has 0 saturated heterocycles. The number of pyridine rings is 1. The number of phenolic OH excluding ortho intramolecular Hbond substituents is 1. The molecule has 23 heavy (non-hydrogen) atoms. The van der Waals surface area contributed by atoms with E-state index in [0.717, 1.165) is 11.1 Å². The summed E-state index contributed by atoms with van der Waals surface area (Å²) < 4.78 is 5.49. The van der Waals surface area contributed by atoms with Crippen LogP contribution in [0.5, 0.6) is 11.5 Å². The fraction of sp³-hybridized carbons (Fsp3) is 0.158. The van der Waals surface area contributed by atoms with Gasteiger partial charge in [0.1, 0.15) is 18.1 Å². The maximum atomic E-state index is 12.1. The number of benzene rings is 1. The SMILES string of the molecule is CC(C)=CCOc1ccc(C(=O)C=Cc2ccncc2)c(O)c1. The number of ether oxygens (including phenoxy) is 1. The largest absolute Gasteiger partial charge is 0.507 e. The number of ketones is 1. The van der Waals surface area contributed by atoms with Crippen molar-refractivity contribution in [2.75, 3.05) is 6.61 Å². The lowest BCUT2D eigenvalue weighted by Gasteiger charge is -2.06. The Kier molecular flexibility index (Phi) is 5.69. The number of aromatic nitrogens is 1. The molecule has 2 rings (SSSR count). The van der Waals surface area contributed by atoms with E-state index in [1.807, 2.05) is 19.9 Å². The number of hydrogen-bond acceptors (Lipinski definition) is 4. The monoisotopic (exact) mass is 309 g/mol. The average molecular weight is 309 g/mol. The number of hydrogen-bond donors (Lipinski definition) is 1. The van der Waals surface area contributed by atoms with Gasteiger partial charge in [-0.3, -0.25) is 9.78 Å². The zero-order valence-corrected chi connectivity index (χ0v) is 13.2. The summed E-state index contributed by atoms with van der Waals surface area (Å²) >= 11 is 0. The van der Waals surface area contributed by atoms with Crippen molar-refractivity contribution in [3.05, 3.63) is 71.6 Å². The number of carbonyl (C=O) groups excluding carboxylic acids is 1. The zero-order valence-electron chi connectivity index (χ0n) is 13.2. The number of aromatic hydroxyl groups is 1. The Labute approximate surface area is 135 Å². The van der Waals surface area contributed by atoms with Crippen molar-refractivity contribution in [1.82, 2.24) is 4.98 Å². The van der Waals surface area contributed by atoms with E-state index in [0.29, 0.717) is 12.4 Å². The average Bonchev–Trinajstić information content (AvgIpc) is 2.53. The topological polar surface area (TPSA) is 59.4 Å². The Bertz CT molecular complexity index is 730. The third-order valence-corrected chi connectivity index (χ3v) is 3.11. The summed E-state index contributed by atoms with van der Waals surface area (Å²) in [7, 11) is 0. The second-order valence-corrected chi connectivity index (χ2v) is 5.25. The fourth-order valence-electron chi connectivity index (χ4n) is 1.85. The normalized spacial score (nSPS) is 10.5. The van der Waals surface area contributed by atoms with Crippen LogP contribution in [0.1, 0.15) is 29.8 Å². The molecule has 1 N–H and O–H groups in total. The Hall–Kier alpha value is -2.88. The van der Waals surface area contributed by atoms with E-state index in [1.54, 1.807) is 42.7 Å². The van der Waals surface area contributed by atoms with Crippen LogP contribution in [-0.2, 0) is 0 Å². The minimum atomic E-state index is -0.268. The van der Waals surface area contributed by atoms with Gasteiger partial charge >= 0.3 is 0 Å². The lowest BCUT2D eigenvalue weighted by molar-refractivity contribution is 0.104. The highest BCUT2D eigenvalue weighted by atomic mass is 16.5. The molecule has 0 aliphatic heterocycles. The quantitative estimate of drug-likeness (QED) is 0.497. The summed E-state index contributed by atoms with van der Waals surface area (Å²) in [5.74, 6) is 0.161. The van der Waals surface area contributed by atoms with E-state index in [9.17, 15) is 9.90 Å². The Morgan fingerprint density at radius 3 is 2.61 bits per heavy atom. The smallest absolute Gasteiger partial charge is 0.189 e. The van der Waals surface area contributed by atoms with Gasteiger partial charge in [-0.1, -0.05) is 11.6 Å². The van der Waals surface area contributed by atoms with Crippen LogP contribution >= 0.6 is 0 Å². The zero-order chi connectivity index (χ0) is 16.7. The number of nitrogens with zero attached hydrogens (tertiary/aromatic N) is 1. The van der Waals surface area contributed by atoms with Crippen molar-refractivity contribution in [1.29, 1.82) is 0 Å². The molecule has 0 bridgehead atoms. The molecule has 0 amide bonds. The van der Waals surface area contributed by atoms with Gasteiger partial charge in [-0.15, -0.1) is 0 Å². The van der Waals surface area contributed by atoms with Crippen LogP contribution < -0.4 is 4.74 Å². The molecule has 1 heterocycles. The Balaban J connectivity index is 2.06. The summed E-state index contributed by atoms with van der Waals surface area (Å²) in [6, 6.07) is 8.28. The van der Waals surface area contributed by atoms with Crippen molar-refractivity contribution in [2.45, 2.75) is 13.8 Å². The molecule has 0 atom stereocenters. The fourth-order valence-corrected chi connectivity index (χ4v) is 1.85. The standard InChI is InChI=1S/C19H19NO3/c1-14(2)9-12-23-16-4-5-17(19(22)13-16)18(21)6-3-15-7-10-20-11-8-15/h3-11,13,22H,12H2,1-2H3. The maximum absolute atomic E-state index is 12.1. The number of rotatable bonds is 6. The van der Waals surface area contributed by atoms with Crippen molar-refractivity contribution < 1.29 is 14.6 Å². The van der Waals surface area contributed by atoms with Crippen LogP contribution in [0.15, 0.2) is 60.5 Å². The second-order valence-electron chi connectivity index (χ2n) is 5.25. The molecule has 2 aromatic rings. The molecule has 0 saturated carbocycles. The van der Waals surface area contributed by atoms with E-state index in [2.05, 4.69) is 4.98 Å². The number of phenols is 1. The van der Waals surface area contributed by atoms with Gasteiger partial charge in [0.25, 0.3) is 0 Å². The van der Waals surface area contributed by atoms with Gasteiger partial charge in [0.2, 0.25) is 0 Å². The highest BCUT2D eigenvalue weighted by Crippen LogP contribution is 2.24. The van der Waals surface area contributed by atoms with Gasteiger partial charge in [-0.2, -0.15) is 0 Å². The molecule has 0 radical (unpaired) electrons. The highest BCUT2D eigenvalue weighted by Gasteiger charge is 2.09. The molecule has 4 heteroatoms. The van der Waals surface area contributed by atoms with Crippen LogP contribution in [0.25, 0.3) is 6.08 Å². The molecular formula is C19H19NO3. The first-order valence-electron chi connectivity index (χ1n) is 7.28. The molecule has 0 spiro atoms. The molecule has 0 aliphatic rings. The molecular weight excluding hydrogens is 290 g/mol. The first-order valence-corrected chi connectivity index (χ1v) is 7.28. The van der Waals surface area contributed by atoms with E-state index in [4.69, 9.17) is 4.74 Å². The first-order chi connectivity index (χ1) is 11.1. The van der Waals surface area contributed by atoms with Crippen molar-refractivity contribution >= 4 is 11.9 Å². The molecule has 0 unspecified atom stereocenters. The second kappa shape index (κ2) is 7.94. The van der Waals surface area contributed by atoms with Gasteiger partial charge in [0.05, 0.1) is 5.56 Å². The van der Waals surface area contributed by atoms with Crippen LogP contribution in [0.2, 0.25) is 0 Å². The van der Waals surface area contributed by atoms with Crippen LogP contribution in [0.4, 0.5) is 0 Å². The van der Waals surface area contributed by atoms with E-state index >= 15 is 0 Å². The van der Waals surface area contributed by atoms with E-state index in [1.165, 1.54) is 12.1 Å². The van der Waals surface area contributed by atoms with Gasteiger partial charge in [0, 0.05) is 18.5 Å². The first kappa shape index (κ1) is 16.5. The maximum Gasteiger partial charge on any atom is 0.189 e. The third-order valence-electron chi connectivity index (χ3n) is 3.11. The minimum absolute atomic E-state index is 0.0934. The van der Waals surface area contributed by atoms with Gasteiger partial charge in [-0.05, 0) is 55.8 Å². The molecule has 1 aromatic heterocycles. The summed E-state index contributed by atoms with van der Waals surface area (Å²) in [6.45, 7) is 4.40. The van der Waals surface area contributed by atoms with Gasteiger partial charge in [-0.25, -0.2) is 0 Å². The number of carbonyl (C=O) groups is 1.